The minimum absolute atomic E-state index is 0.549. The molecule has 0 fully saturated rings. The lowest BCUT2D eigenvalue weighted by atomic mass is 10.3. The highest BCUT2D eigenvalue weighted by Gasteiger charge is 2.00. The van der Waals surface area contributed by atoms with Crippen LogP contribution in [0.3, 0.4) is 0 Å². The number of hydrogen-bond acceptors (Lipinski definition) is 5. The third-order valence-corrected chi connectivity index (χ3v) is 3.34. The summed E-state index contributed by atoms with van der Waals surface area (Å²) in [4.78, 5) is 8.60. The average molecular weight is 312 g/mol. The molecule has 0 aliphatic rings. The van der Waals surface area contributed by atoms with Gasteiger partial charge < -0.3 is 4.74 Å². The van der Waals surface area contributed by atoms with Crippen LogP contribution in [0.2, 0.25) is 0 Å². The van der Waals surface area contributed by atoms with E-state index in [9.17, 15) is 0 Å². The minimum atomic E-state index is 0.549. The van der Waals surface area contributed by atoms with Crippen molar-refractivity contribution in [1.29, 1.82) is 5.26 Å². The highest BCUT2D eigenvalue weighted by molar-refractivity contribution is 8.13. The zero-order valence-corrected chi connectivity index (χ0v) is 13.0. The van der Waals surface area contributed by atoms with Gasteiger partial charge in [-0.05, 0) is 30.5 Å². The molecule has 5 nitrogen and oxygen atoms in total. The molecular formula is C16H16N4OS. The number of rotatable bonds is 5. The van der Waals surface area contributed by atoms with E-state index in [0.717, 1.165) is 23.6 Å². The molecule has 6 heteroatoms. The van der Waals surface area contributed by atoms with Crippen molar-refractivity contribution in [2.45, 2.75) is 6.42 Å². The molecule has 0 aliphatic heterocycles. The molecular weight excluding hydrogens is 296 g/mol. The number of aromatic nitrogens is 1. The number of nitrogens with zero attached hydrogens (tertiary/aromatic N) is 3. The summed E-state index contributed by atoms with van der Waals surface area (Å²) in [5.74, 6) is 0.745. The zero-order valence-electron chi connectivity index (χ0n) is 12.2. The fraction of sp³-hybridized carbons (Fsp3) is 0.188. The molecule has 0 saturated carbocycles. The topological polar surface area (TPSA) is 70.3 Å². The van der Waals surface area contributed by atoms with Gasteiger partial charge in [0.15, 0.2) is 11.4 Å². The van der Waals surface area contributed by atoms with E-state index in [0.29, 0.717) is 11.8 Å². The predicted octanol–water partition coefficient (Wildman–Crippen LogP) is 3.12. The van der Waals surface area contributed by atoms with Gasteiger partial charge in [-0.15, -0.1) is 0 Å². The van der Waals surface area contributed by atoms with E-state index in [-0.39, 0.29) is 0 Å². The maximum absolute atomic E-state index is 8.64. The lowest BCUT2D eigenvalue weighted by Gasteiger charge is -2.07. The second-order valence-corrected chi connectivity index (χ2v) is 5.07. The van der Waals surface area contributed by atoms with Crippen LogP contribution in [0.25, 0.3) is 0 Å². The Morgan fingerprint density at radius 3 is 3.00 bits per heavy atom. The van der Waals surface area contributed by atoms with Crippen LogP contribution in [0.1, 0.15) is 5.69 Å². The first kappa shape index (κ1) is 15.9. The standard InChI is InChI=1S/C16H16N4OS/c1-22-16(19-12-17)20-14-6-4-7-15(11-14)21-10-8-13-5-2-3-9-18-13/h2-7,9,11H,8,10H2,1H3,(H,19,20). The Balaban J connectivity index is 1.95. The van der Waals surface area contributed by atoms with Crippen molar-refractivity contribution in [3.05, 3.63) is 54.4 Å². The largest absolute Gasteiger partial charge is 0.493 e. The normalized spacial score (nSPS) is 10.8. The number of nitrogens with one attached hydrogen (secondary N) is 1. The van der Waals surface area contributed by atoms with E-state index < -0.39 is 0 Å². The van der Waals surface area contributed by atoms with Gasteiger partial charge in [0, 0.05) is 24.4 Å². The van der Waals surface area contributed by atoms with Crippen LogP contribution < -0.4 is 10.1 Å². The van der Waals surface area contributed by atoms with Crippen molar-refractivity contribution in [3.8, 4) is 11.9 Å². The summed E-state index contributed by atoms with van der Waals surface area (Å²) in [6.07, 6.45) is 6.25. The van der Waals surface area contributed by atoms with Crippen molar-refractivity contribution in [2.75, 3.05) is 12.9 Å². The van der Waals surface area contributed by atoms with Crippen molar-refractivity contribution in [1.82, 2.24) is 10.3 Å². The Bertz CT molecular complexity index is 667. The van der Waals surface area contributed by atoms with Crippen molar-refractivity contribution < 1.29 is 4.74 Å². The van der Waals surface area contributed by atoms with Gasteiger partial charge in [-0.1, -0.05) is 23.9 Å². The smallest absolute Gasteiger partial charge is 0.183 e. The van der Waals surface area contributed by atoms with Gasteiger partial charge in [0.25, 0.3) is 0 Å². The molecule has 0 atom stereocenters. The third kappa shape index (κ3) is 5.11. The van der Waals surface area contributed by atoms with E-state index in [2.05, 4.69) is 15.3 Å². The molecule has 22 heavy (non-hydrogen) atoms. The Labute approximate surface area is 134 Å². The Morgan fingerprint density at radius 2 is 2.27 bits per heavy atom. The van der Waals surface area contributed by atoms with Gasteiger partial charge in [0.1, 0.15) is 5.75 Å². The number of nitriles is 1. The zero-order chi connectivity index (χ0) is 15.6. The summed E-state index contributed by atoms with van der Waals surface area (Å²) in [6.45, 7) is 0.552. The maximum Gasteiger partial charge on any atom is 0.183 e. The summed E-state index contributed by atoms with van der Waals surface area (Å²) in [7, 11) is 0. The summed E-state index contributed by atoms with van der Waals surface area (Å²) < 4.78 is 5.72. The third-order valence-electron chi connectivity index (χ3n) is 2.76. The van der Waals surface area contributed by atoms with E-state index in [1.54, 1.807) is 6.20 Å². The number of ether oxygens (including phenoxy) is 1. The van der Waals surface area contributed by atoms with Crippen molar-refractivity contribution in [3.63, 3.8) is 0 Å². The van der Waals surface area contributed by atoms with Crippen LogP contribution in [-0.4, -0.2) is 23.0 Å². The maximum atomic E-state index is 8.64. The number of aliphatic imine (C=N–C) groups is 1. The van der Waals surface area contributed by atoms with E-state index in [1.165, 1.54) is 11.8 Å². The summed E-state index contributed by atoms with van der Waals surface area (Å²) >= 11 is 1.38. The van der Waals surface area contributed by atoms with E-state index in [4.69, 9.17) is 10.00 Å². The molecule has 1 N–H and O–H groups in total. The van der Waals surface area contributed by atoms with Crippen LogP contribution in [0.5, 0.6) is 5.75 Å². The molecule has 112 valence electrons. The number of hydrogen-bond donors (Lipinski definition) is 1. The first-order chi connectivity index (χ1) is 10.8. The summed E-state index contributed by atoms with van der Waals surface area (Å²) in [5.41, 5.74) is 1.74. The van der Waals surface area contributed by atoms with Crippen molar-refractivity contribution in [2.24, 2.45) is 4.99 Å². The fourth-order valence-electron chi connectivity index (χ4n) is 1.75. The molecule has 1 heterocycles. The molecule has 0 radical (unpaired) electrons. The highest BCUT2D eigenvalue weighted by Crippen LogP contribution is 2.21. The SMILES string of the molecule is CSC(=Nc1cccc(OCCc2ccccn2)c1)NC#N. The van der Waals surface area contributed by atoms with Crippen molar-refractivity contribution >= 4 is 22.6 Å². The minimum Gasteiger partial charge on any atom is -0.493 e. The average Bonchev–Trinajstić information content (AvgIpc) is 2.56. The highest BCUT2D eigenvalue weighted by atomic mass is 32.2. The Morgan fingerprint density at radius 1 is 1.36 bits per heavy atom. The number of pyridine rings is 1. The summed E-state index contributed by atoms with van der Waals surface area (Å²) in [6, 6.07) is 13.3. The lowest BCUT2D eigenvalue weighted by Crippen LogP contribution is -2.12. The van der Waals surface area contributed by atoms with E-state index >= 15 is 0 Å². The monoisotopic (exact) mass is 312 g/mol. The number of benzene rings is 1. The first-order valence-electron chi connectivity index (χ1n) is 6.72. The molecule has 0 spiro atoms. The second-order valence-electron chi connectivity index (χ2n) is 4.27. The number of amidine groups is 1. The Hall–Kier alpha value is -2.52. The molecule has 0 aliphatic carbocycles. The van der Waals surface area contributed by atoms with Crippen LogP contribution in [0.15, 0.2) is 53.7 Å². The predicted molar refractivity (Wildman–Crippen MR) is 89.2 cm³/mol. The van der Waals surface area contributed by atoms with E-state index in [1.807, 2.05) is 54.9 Å². The van der Waals surface area contributed by atoms with Crippen LogP contribution in [-0.2, 0) is 6.42 Å². The fourth-order valence-corrected chi connectivity index (χ4v) is 2.10. The number of thioether (sulfide) groups is 1. The van der Waals surface area contributed by atoms with Gasteiger partial charge >= 0.3 is 0 Å². The molecule has 0 unspecified atom stereocenters. The molecule has 2 rings (SSSR count). The van der Waals surface area contributed by atoms with Gasteiger partial charge in [-0.2, -0.15) is 5.26 Å². The molecule has 0 saturated heterocycles. The first-order valence-corrected chi connectivity index (χ1v) is 7.95. The molecule has 0 bridgehead atoms. The summed E-state index contributed by atoms with van der Waals surface area (Å²) in [5, 5.41) is 11.7. The lowest BCUT2D eigenvalue weighted by molar-refractivity contribution is 0.320. The van der Waals surface area contributed by atoms with Crippen LogP contribution >= 0.6 is 11.8 Å². The van der Waals surface area contributed by atoms with Gasteiger partial charge in [-0.25, -0.2) is 4.99 Å². The van der Waals surface area contributed by atoms with Gasteiger partial charge in [0.05, 0.1) is 12.3 Å². The second kappa shape index (κ2) is 8.70. The molecule has 1 aromatic heterocycles. The quantitative estimate of drug-likeness (QED) is 0.397. The molecule has 2 aromatic rings. The van der Waals surface area contributed by atoms with Crippen LogP contribution in [0.4, 0.5) is 5.69 Å². The molecule has 1 aromatic carbocycles. The van der Waals surface area contributed by atoms with Crippen LogP contribution in [0, 0.1) is 11.5 Å². The van der Waals surface area contributed by atoms with Gasteiger partial charge in [0.2, 0.25) is 0 Å². The Kier molecular flexibility index (Phi) is 6.27. The van der Waals surface area contributed by atoms with Gasteiger partial charge in [-0.3, -0.25) is 10.3 Å². The molecule has 0 amide bonds.